The van der Waals surface area contributed by atoms with Crippen LogP contribution in [0.15, 0.2) is 54.2 Å². The van der Waals surface area contributed by atoms with Gasteiger partial charge in [-0.2, -0.15) is 0 Å². The number of hydrazine groups is 1. The fourth-order valence-electron chi connectivity index (χ4n) is 2.23. The number of carbonyl (C=O) groups is 3. The van der Waals surface area contributed by atoms with Crippen molar-refractivity contribution in [3.63, 3.8) is 0 Å². The van der Waals surface area contributed by atoms with Crippen molar-refractivity contribution in [3.05, 3.63) is 71.2 Å². The minimum atomic E-state index is -0.826. The van der Waals surface area contributed by atoms with Crippen molar-refractivity contribution >= 4 is 29.1 Å². The summed E-state index contributed by atoms with van der Waals surface area (Å²) in [4.78, 5) is 43.7. The van der Waals surface area contributed by atoms with Crippen LogP contribution in [0.1, 0.15) is 16.1 Å². The van der Waals surface area contributed by atoms with Crippen molar-refractivity contribution in [1.29, 1.82) is 0 Å². The second-order valence-electron chi connectivity index (χ2n) is 5.71. The Hall–Kier alpha value is -3.66. The summed E-state index contributed by atoms with van der Waals surface area (Å²) in [6, 6.07) is 8.95. The highest BCUT2D eigenvalue weighted by atomic mass is 32.1. The molecule has 1 aromatic carbocycles. The Morgan fingerprint density at radius 1 is 1.10 bits per heavy atom. The van der Waals surface area contributed by atoms with E-state index in [1.54, 1.807) is 23.8 Å². The van der Waals surface area contributed by atoms with Gasteiger partial charge in [0.25, 0.3) is 11.8 Å². The lowest BCUT2D eigenvalue weighted by molar-refractivity contribution is -0.148. The molecule has 0 aliphatic heterocycles. The Morgan fingerprint density at radius 2 is 1.93 bits per heavy atom. The van der Waals surface area contributed by atoms with Gasteiger partial charge in [0.05, 0.1) is 17.7 Å². The Bertz CT molecular complexity index is 1030. The van der Waals surface area contributed by atoms with Gasteiger partial charge in [-0.15, -0.1) is 11.3 Å². The van der Waals surface area contributed by atoms with Crippen LogP contribution in [0.4, 0.5) is 4.39 Å². The van der Waals surface area contributed by atoms with Crippen molar-refractivity contribution in [2.45, 2.75) is 6.42 Å². The van der Waals surface area contributed by atoms with Gasteiger partial charge in [0, 0.05) is 23.3 Å². The number of benzene rings is 1. The molecule has 0 aliphatic carbocycles. The zero-order valence-electron chi connectivity index (χ0n) is 14.9. The summed E-state index contributed by atoms with van der Waals surface area (Å²) in [5.41, 5.74) is 5.22. The van der Waals surface area contributed by atoms with Crippen LogP contribution in [-0.2, 0) is 20.7 Å². The molecule has 0 saturated carbocycles. The van der Waals surface area contributed by atoms with Crippen molar-refractivity contribution < 1.29 is 23.5 Å². The molecule has 8 nitrogen and oxygen atoms in total. The fraction of sp³-hybridized carbons (Fsp3) is 0.105. The van der Waals surface area contributed by atoms with Crippen LogP contribution in [0, 0.1) is 5.82 Å². The highest BCUT2D eigenvalue weighted by molar-refractivity contribution is 7.13. The quantitative estimate of drug-likeness (QED) is 0.471. The number of pyridine rings is 1. The third-order valence-electron chi connectivity index (χ3n) is 3.58. The molecule has 2 aromatic heterocycles. The normalized spacial score (nSPS) is 10.2. The fourth-order valence-corrected chi connectivity index (χ4v) is 3.04. The molecule has 148 valence electrons. The molecule has 2 N–H and O–H groups in total. The summed E-state index contributed by atoms with van der Waals surface area (Å²) in [6.45, 7) is -0.601. The minimum absolute atomic E-state index is 0.106. The van der Waals surface area contributed by atoms with E-state index in [1.165, 1.54) is 29.5 Å². The maximum atomic E-state index is 13.5. The van der Waals surface area contributed by atoms with Gasteiger partial charge in [0.15, 0.2) is 6.61 Å². The number of aromatic nitrogens is 2. The average Bonchev–Trinajstić information content (AvgIpc) is 3.20. The summed E-state index contributed by atoms with van der Waals surface area (Å²) in [5, 5.41) is 2.44. The Labute approximate surface area is 168 Å². The van der Waals surface area contributed by atoms with Crippen molar-refractivity contribution in [1.82, 2.24) is 20.8 Å². The molecule has 0 unspecified atom stereocenters. The van der Waals surface area contributed by atoms with Gasteiger partial charge in [0.1, 0.15) is 10.8 Å². The zero-order chi connectivity index (χ0) is 20.6. The van der Waals surface area contributed by atoms with E-state index in [0.717, 1.165) is 16.6 Å². The first-order valence-electron chi connectivity index (χ1n) is 8.37. The molecule has 0 atom stereocenters. The van der Waals surface area contributed by atoms with Crippen LogP contribution in [0.5, 0.6) is 0 Å². The van der Waals surface area contributed by atoms with Gasteiger partial charge in [0.2, 0.25) is 0 Å². The summed E-state index contributed by atoms with van der Waals surface area (Å²) < 4.78 is 18.3. The molecule has 0 bridgehead atoms. The third-order valence-corrected chi connectivity index (χ3v) is 4.52. The topological polar surface area (TPSA) is 110 Å². The standard InChI is InChI=1S/C19H15FN4O4S/c20-15-6-2-1-5-14(15)18(27)24-23-16(25)10-28-17(26)8-13-11-29-19(22-13)12-4-3-7-21-9-12/h1-7,9,11H,8,10H2,(H,23,25)(H,24,27). The summed E-state index contributed by atoms with van der Waals surface area (Å²) in [5.74, 6) is -2.96. The highest BCUT2D eigenvalue weighted by Gasteiger charge is 2.14. The molecule has 0 aliphatic rings. The number of amides is 2. The lowest BCUT2D eigenvalue weighted by Crippen LogP contribution is -2.43. The van der Waals surface area contributed by atoms with Crippen LogP contribution in [0.2, 0.25) is 0 Å². The van der Waals surface area contributed by atoms with E-state index in [9.17, 15) is 18.8 Å². The number of halogens is 1. The third kappa shape index (κ3) is 5.66. The largest absolute Gasteiger partial charge is 0.455 e. The van der Waals surface area contributed by atoms with Crippen molar-refractivity contribution in [2.75, 3.05) is 6.61 Å². The van der Waals surface area contributed by atoms with Gasteiger partial charge in [-0.05, 0) is 24.3 Å². The number of esters is 1. The Kier molecular flexibility index (Phi) is 6.59. The first-order valence-corrected chi connectivity index (χ1v) is 9.25. The van der Waals surface area contributed by atoms with Gasteiger partial charge < -0.3 is 4.74 Å². The van der Waals surface area contributed by atoms with E-state index in [4.69, 9.17) is 4.74 Å². The molecule has 10 heteroatoms. The predicted octanol–water partition coefficient (Wildman–Crippen LogP) is 1.89. The van der Waals surface area contributed by atoms with Crippen molar-refractivity contribution in [2.24, 2.45) is 0 Å². The highest BCUT2D eigenvalue weighted by Crippen LogP contribution is 2.22. The molecule has 2 amide bonds. The van der Waals surface area contributed by atoms with Crippen LogP contribution >= 0.6 is 11.3 Å². The minimum Gasteiger partial charge on any atom is -0.455 e. The number of carbonyl (C=O) groups excluding carboxylic acids is 3. The van der Waals surface area contributed by atoms with Gasteiger partial charge >= 0.3 is 5.97 Å². The van der Waals surface area contributed by atoms with Crippen molar-refractivity contribution in [3.8, 4) is 10.6 Å². The number of hydrogen-bond donors (Lipinski definition) is 2. The second-order valence-corrected chi connectivity index (χ2v) is 6.56. The monoisotopic (exact) mass is 414 g/mol. The van der Waals surface area contributed by atoms with E-state index in [1.807, 2.05) is 11.5 Å². The second kappa shape index (κ2) is 9.51. The van der Waals surface area contributed by atoms with Gasteiger partial charge in [-0.1, -0.05) is 12.1 Å². The number of hydrogen-bond acceptors (Lipinski definition) is 7. The summed E-state index contributed by atoms with van der Waals surface area (Å²) in [6.07, 6.45) is 3.21. The molecule has 0 saturated heterocycles. The Balaban J connectivity index is 1.42. The summed E-state index contributed by atoms with van der Waals surface area (Å²) >= 11 is 1.36. The van der Waals surface area contributed by atoms with E-state index in [0.29, 0.717) is 5.69 Å². The van der Waals surface area contributed by atoms with E-state index >= 15 is 0 Å². The zero-order valence-corrected chi connectivity index (χ0v) is 15.7. The molecule has 0 spiro atoms. The number of ether oxygens (including phenoxy) is 1. The van der Waals surface area contributed by atoms with Crippen LogP contribution < -0.4 is 10.9 Å². The molecule has 0 radical (unpaired) electrons. The molecular weight excluding hydrogens is 399 g/mol. The first-order chi connectivity index (χ1) is 14.0. The number of rotatable bonds is 6. The smallest absolute Gasteiger partial charge is 0.312 e. The number of nitrogens with zero attached hydrogens (tertiary/aromatic N) is 2. The lowest BCUT2D eigenvalue weighted by Gasteiger charge is -2.08. The molecular formula is C19H15FN4O4S. The lowest BCUT2D eigenvalue weighted by atomic mass is 10.2. The van der Waals surface area contributed by atoms with Gasteiger partial charge in [-0.3, -0.25) is 30.2 Å². The average molecular weight is 414 g/mol. The maximum Gasteiger partial charge on any atom is 0.312 e. The first kappa shape index (κ1) is 20.1. The Morgan fingerprint density at radius 3 is 2.69 bits per heavy atom. The number of nitrogens with one attached hydrogen (secondary N) is 2. The molecule has 3 rings (SSSR count). The predicted molar refractivity (Wildman–Crippen MR) is 102 cm³/mol. The SMILES string of the molecule is O=C(COC(=O)Cc1csc(-c2cccnc2)n1)NNC(=O)c1ccccc1F. The molecule has 2 heterocycles. The van der Waals surface area contributed by atoms with Crippen LogP contribution in [-0.4, -0.2) is 34.4 Å². The van der Waals surface area contributed by atoms with E-state index < -0.39 is 30.2 Å². The summed E-state index contributed by atoms with van der Waals surface area (Å²) in [7, 11) is 0. The molecule has 0 fully saturated rings. The van der Waals surface area contributed by atoms with E-state index in [-0.39, 0.29) is 12.0 Å². The van der Waals surface area contributed by atoms with Gasteiger partial charge in [-0.25, -0.2) is 9.37 Å². The number of thiazole rings is 1. The van der Waals surface area contributed by atoms with Crippen LogP contribution in [0.25, 0.3) is 10.6 Å². The maximum absolute atomic E-state index is 13.5. The van der Waals surface area contributed by atoms with E-state index in [2.05, 4.69) is 15.4 Å². The van der Waals surface area contributed by atoms with Crippen LogP contribution in [0.3, 0.4) is 0 Å². The molecule has 29 heavy (non-hydrogen) atoms. The molecule has 3 aromatic rings.